The van der Waals surface area contributed by atoms with Crippen LogP contribution in [0.3, 0.4) is 0 Å². The SMILES string of the molecule is CCC(C)N[Si](NC(C)(C)C)(OC)OC. The zero-order valence-electron chi connectivity index (χ0n) is 11.1. The zero-order valence-corrected chi connectivity index (χ0v) is 12.1. The maximum atomic E-state index is 5.53. The van der Waals surface area contributed by atoms with Crippen molar-refractivity contribution in [3.8, 4) is 0 Å². The fraction of sp³-hybridized carbons (Fsp3) is 1.00. The largest absolute Gasteiger partial charge is 0.517 e. The molecule has 15 heavy (non-hydrogen) atoms. The van der Waals surface area contributed by atoms with Crippen molar-refractivity contribution in [1.82, 2.24) is 9.96 Å². The van der Waals surface area contributed by atoms with E-state index in [0.717, 1.165) is 6.42 Å². The minimum absolute atomic E-state index is 0.0291. The number of hydrogen-bond donors (Lipinski definition) is 2. The molecule has 5 heteroatoms. The molecule has 0 aromatic heterocycles. The molecular formula is C10H26N2O2Si. The van der Waals surface area contributed by atoms with Crippen LogP contribution in [0.5, 0.6) is 0 Å². The summed E-state index contributed by atoms with van der Waals surface area (Å²) in [7, 11) is 0.906. The maximum absolute atomic E-state index is 5.53. The average Bonchev–Trinajstić information content (AvgIpc) is 2.14. The summed E-state index contributed by atoms with van der Waals surface area (Å²) in [5.41, 5.74) is -0.0291. The van der Waals surface area contributed by atoms with E-state index >= 15 is 0 Å². The van der Waals surface area contributed by atoms with Crippen LogP contribution in [0, 0.1) is 0 Å². The summed E-state index contributed by atoms with van der Waals surface area (Å²) in [5.74, 6) is 0. The molecular weight excluding hydrogens is 208 g/mol. The van der Waals surface area contributed by atoms with E-state index in [1.54, 1.807) is 14.2 Å². The Bertz CT molecular complexity index is 179. The van der Waals surface area contributed by atoms with E-state index in [1.807, 2.05) is 0 Å². The van der Waals surface area contributed by atoms with E-state index < -0.39 is 8.88 Å². The first-order chi connectivity index (χ1) is 6.78. The number of nitrogens with one attached hydrogen (secondary N) is 2. The standard InChI is InChI=1S/C10H26N2O2Si/c1-8-9(2)11-15(13-6,14-7)12-10(3,4)5/h9,11-12H,8H2,1-7H3. The Balaban J connectivity index is 4.57. The lowest BCUT2D eigenvalue weighted by Gasteiger charge is -2.36. The van der Waals surface area contributed by atoms with Crippen molar-refractivity contribution in [3.05, 3.63) is 0 Å². The van der Waals surface area contributed by atoms with Crippen LogP contribution in [-0.2, 0) is 8.85 Å². The second kappa shape index (κ2) is 5.96. The molecule has 0 aliphatic heterocycles. The number of hydrogen-bond acceptors (Lipinski definition) is 4. The Kier molecular flexibility index (Phi) is 5.98. The molecule has 0 aromatic carbocycles. The Hall–Kier alpha value is 0.0569. The second-order valence-corrected chi connectivity index (χ2v) is 7.44. The smallest absolute Gasteiger partial charge is 0.374 e. The van der Waals surface area contributed by atoms with Crippen molar-refractivity contribution in [2.75, 3.05) is 14.2 Å². The Labute approximate surface area is 95.1 Å². The van der Waals surface area contributed by atoms with Crippen LogP contribution in [0.2, 0.25) is 0 Å². The molecule has 92 valence electrons. The molecule has 0 aliphatic carbocycles. The topological polar surface area (TPSA) is 42.5 Å². The van der Waals surface area contributed by atoms with Crippen LogP contribution in [0.25, 0.3) is 0 Å². The first kappa shape index (κ1) is 15.1. The van der Waals surface area contributed by atoms with E-state index in [2.05, 4.69) is 44.6 Å². The van der Waals surface area contributed by atoms with E-state index in [4.69, 9.17) is 8.85 Å². The molecule has 2 N–H and O–H groups in total. The van der Waals surface area contributed by atoms with Gasteiger partial charge in [-0.2, -0.15) is 0 Å². The van der Waals surface area contributed by atoms with Crippen LogP contribution in [-0.4, -0.2) is 34.7 Å². The summed E-state index contributed by atoms with van der Waals surface area (Å²) in [6, 6.07) is 0.381. The third-order valence-corrected chi connectivity index (χ3v) is 5.27. The van der Waals surface area contributed by atoms with Crippen molar-refractivity contribution in [2.24, 2.45) is 0 Å². The lowest BCUT2D eigenvalue weighted by Crippen LogP contribution is -2.72. The molecule has 0 spiro atoms. The predicted molar refractivity (Wildman–Crippen MR) is 65.5 cm³/mol. The molecule has 0 rings (SSSR count). The van der Waals surface area contributed by atoms with E-state index in [1.165, 1.54) is 0 Å². The van der Waals surface area contributed by atoms with Crippen LogP contribution >= 0.6 is 0 Å². The molecule has 1 unspecified atom stereocenters. The van der Waals surface area contributed by atoms with Gasteiger partial charge >= 0.3 is 8.88 Å². The molecule has 0 fully saturated rings. The van der Waals surface area contributed by atoms with Gasteiger partial charge in [0.2, 0.25) is 0 Å². The maximum Gasteiger partial charge on any atom is 0.517 e. The third-order valence-electron chi connectivity index (χ3n) is 2.16. The monoisotopic (exact) mass is 234 g/mol. The van der Waals surface area contributed by atoms with Gasteiger partial charge in [0.05, 0.1) is 0 Å². The molecule has 0 aromatic rings. The molecule has 0 amide bonds. The van der Waals surface area contributed by atoms with Gasteiger partial charge in [-0.25, -0.2) is 0 Å². The Morgan fingerprint density at radius 1 is 1.20 bits per heavy atom. The van der Waals surface area contributed by atoms with Crippen molar-refractivity contribution < 1.29 is 8.85 Å². The molecule has 0 saturated carbocycles. The lowest BCUT2D eigenvalue weighted by molar-refractivity contribution is 0.192. The van der Waals surface area contributed by atoms with E-state index in [-0.39, 0.29) is 5.54 Å². The van der Waals surface area contributed by atoms with Gasteiger partial charge < -0.3 is 8.85 Å². The van der Waals surface area contributed by atoms with E-state index in [0.29, 0.717) is 6.04 Å². The van der Waals surface area contributed by atoms with E-state index in [9.17, 15) is 0 Å². The minimum atomic E-state index is -2.46. The summed E-state index contributed by atoms with van der Waals surface area (Å²) < 4.78 is 11.1. The van der Waals surface area contributed by atoms with Crippen molar-refractivity contribution in [2.45, 2.75) is 52.6 Å². The third kappa shape index (κ3) is 5.63. The van der Waals surface area contributed by atoms with Gasteiger partial charge in [0, 0.05) is 25.8 Å². The van der Waals surface area contributed by atoms with Crippen molar-refractivity contribution in [3.63, 3.8) is 0 Å². The minimum Gasteiger partial charge on any atom is -0.374 e. The molecule has 0 heterocycles. The Morgan fingerprint density at radius 3 is 1.93 bits per heavy atom. The van der Waals surface area contributed by atoms with Crippen LogP contribution in [0.1, 0.15) is 41.0 Å². The predicted octanol–water partition coefficient (Wildman–Crippen LogP) is 1.49. The molecule has 0 saturated heterocycles. The molecule has 0 aliphatic rings. The van der Waals surface area contributed by atoms with Crippen LogP contribution in [0.15, 0.2) is 0 Å². The molecule has 1 atom stereocenters. The second-order valence-electron chi connectivity index (χ2n) is 4.85. The van der Waals surface area contributed by atoms with Gasteiger partial charge in [0.1, 0.15) is 0 Å². The Morgan fingerprint density at radius 2 is 1.67 bits per heavy atom. The van der Waals surface area contributed by atoms with Gasteiger partial charge in [-0.3, -0.25) is 9.96 Å². The van der Waals surface area contributed by atoms with Crippen molar-refractivity contribution in [1.29, 1.82) is 0 Å². The van der Waals surface area contributed by atoms with Gasteiger partial charge in [0.25, 0.3) is 0 Å². The highest BCUT2D eigenvalue weighted by Crippen LogP contribution is 2.08. The summed E-state index contributed by atoms with van der Waals surface area (Å²) in [6.07, 6.45) is 1.05. The zero-order chi connectivity index (χ0) is 12.1. The molecule has 0 bridgehead atoms. The first-order valence-corrected chi connectivity index (χ1v) is 7.27. The molecule has 0 radical (unpaired) electrons. The van der Waals surface area contributed by atoms with Crippen molar-refractivity contribution >= 4 is 8.88 Å². The molecule has 4 nitrogen and oxygen atoms in total. The van der Waals surface area contributed by atoms with Gasteiger partial charge in [-0.1, -0.05) is 13.8 Å². The van der Waals surface area contributed by atoms with Gasteiger partial charge in [-0.05, 0) is 27.2 Å². The van der Waals surface area contributed by atoms with Crippen LogP contribution in [0.4, 0.5) is 0 Å². The summed E-state index contributed by atoms with van der Waals surface area (Å²) in [6.45, 7) is 10.6. The normalized spacial score (nSPS) is 15.4. The highest BCUT2D eigenvalue weighted by molar-refractivity contribution is 6.62. The highest BCUT2D eigenvalue weighted by Gasteiger charge is 2.41. The van der Waals surface area contributed by atoms with Crippen LogP contribution < -0.4 is 9.96 Å². The van der Waals surface area contributed by atoms with Gasteiger partial charge in [-0.15, -0.1) is 0 Å². The summed E-state index contributed by atoms with van der Waals surface area (Å²) in [5, 5.41) is 0. The fourth-order valence-corrected chi connectivity index (χ4v) is 3.78. The quantitative estimate of drug-likeness (QED) is 0.683. The highest BCUT2D eigenvalue weighted by atomic mass is 28.4. The fourth-order valence-electron chi connectivity index (χ4n) is 1.26. The average molecular weight is 234 g/mol. The summed E-state index contributed by atoms with van der Waals surface area (Å²) >= 11 is 0. The first-order valence-electron chi connectivity index (χ1n) is 5.46. The number of rotatable bonds is 6. The van der Waals surface area contributed by atoms with Gasteiger partial charge in [0.15, 0.2) is 0 Å². The lowest BCUT2D eigenvalue weighted by atomic mass is 10.1. The summed E-state index contributed by atoms with van der Waals surface area (Å²) in [4.78, 5) is 6.84.